The van der Waals surface area contributed by atoms with Crippen LogP contribution in [0.5, 0.6) is 0 Å². The summed E-state index contributed by atoms with van der Waals surface area (Å²) in [5, 5.41) is 17.8. The minimum Gasteiger partial charge on any atom is -0.378 e. The number of piperidine rings is 1. The standard InChI is InChI=1S/C23H32N8O4/c1-2-18(32)31-9-3-4-17(14-31)26-23-27-21(19(20(24)33)28-29-23)25-16-7-5-15(6-8-16)22(34)30-10-12-35-13-11-30/h5-8,17,23,25-27H,2-4,9-14H2,1H3,(H2,24,33)/t17-,23?/m1/s1. The number of ether oxygens (including phenoxy) is 1. The minimum absolute atomic E-state index is 0.0250. The molecule has 0 aliphatic carbocycles. The molecule has 3 aliphatic heterocycles. The van der Waals surface area contributed by atoms with Gasteiger partial charge in [0.05, 0.1) is 13.2 Å². The number of likely N-dealkylation sites (tertiary alicyclic amines) is 1. The summed E-state index contributed by atoms with van der Waals surface area (Å²) in [5.41, 5.74) is 6.69. The average Bonchev–Trinajstić information content (AvgIpc) is 2.89. The number of carbonyl (C=O) groups excluding carboxylic acids is 3. The lowest BCUT2D eigenvalue weighted by atomic mass is 10.1. The highest BCUT2D eigenvalue weighted by atomic mass is 16.5. The quantitative estimate of drug-likeness (QED) is 0.441. The monoisotopic (exact) mass is 484 g/mol. The first-order chi connectivity index (χ1) is 16.9. The summed E-state index contributed by atoms with van der Waals surface area (Å²) in [4.78, 5) is 40.3. The van der Waals surface area contributed by atoms with E-state index in [4.69, 9.17) is 10.5 Å². The lowest BCUT2D eigenvalue weighted by Gasteiger charge is -2.35. The molecule has 4 rings (SSSR count). The number of benzene rings is 1. The topological polar surface area (TPSA) is 154 Å². The van der Waals surface area contributed by atoms with E-state index in [-0.39, 0.29) is 23.6 Å². The average molecular weight is 485 g/mol. The first kappa shape index (κ1) is 24.6. The Hall–Kier alpha value is -3.51. The number of nitrogens with one attached hydrogen (secondary N) is 3. The van der Waals surface area contributed by atoms with Crippen LogP contribution in [0.1, 0.15) is 36.5 Å². The van der Waals surface area contributed by atoms with E-state index < -0.39 is 12.2 Å². The molecular weight excluding hydrogens is 452 g/mol. The summed E-state index contributed by atoms with van der Waals surface area (Å²) in [7, 11) is 0. The number of morpholine rings is 1. The van der Waals surface area contributed by atoms with Gasteiger partial charge in [0, 0.05) is 49.9 Å². The van der Waals surface area contributed by atoms with Crippen LogP contribution >= 0.6 is 0 Å². The van der Waals surface area contributed by atoms with Crippen molar-refractivity contribution in [1.29, 1.82) is 0 Å². The first-order valence-corrected chi connectivity index (χ1v) is 11.9. The molecule has 1 aromatic rings. The highest BCUT2D eigenvalue weighted by Gasteiger charge is 2.28. The van der Waals surface area contributed by atoms with Crippen LogP contribution in [-0.2, 0) is 14.3 Å². The molecule has 2 atom stereocenters. The largest absolute Gasteiger partial charge is 0.378 e. The Morgan fingerprint density at radius 2 is 1.89 bits per heavy atom. The van der Waals surface area contributed by atoms with Gasteiger partial charge in [-0.2, -0.15) is 0 Å². The molecule has 2 saturated heterocycles. The van der Waals surface area contributed by atoms with Crippen LogP contribution in [0.15, 0.2) is 46.0 Å². The first-order valence-electron chi connectivity index (χ1n) is 11.9. The van der Waals surface area contributed by atoms with Gasteiger partial charge in [0.2, 0.25) is 5.91 Å². The second-order valence-corrected chi connectivity index (χ2v) is 8.66. The van der Waals surface area contributed by atoms with E-state index in [2.05, 4.69) is 26.2 Å². The predicted octanol–water partition coefficient (Wildman–Crippen LogP) is 0.555. The number of hydrogen-bond acceptors (Lipinski definition) is 9. The molecule has 12 heteroatoms. The van der Waals surface area contributed by atoms with E-state index in [9.17, 15) is 14.4 Å². The molecule has 3 aliphatic rings. The zero-order valence-electron chi connectivity index (χ0n) is 19.8. The normalized spacial score (nSPS) is 22.5. The molecule has 0 aromatic heterocycles. The SMILES string of the molecule is CCC(=O)N1CCC[C@@H](NC2N=NC(C(N)=O)=C(Nc3ccc(C(=O)N4CCOCC4)cc3)N2)C1. The zero-order valence-corrected chi connectivity index (χ0v) is 19.8. The number of azo groups is 1. The summed E-state index contributed by atoms with van der Waals surface area (Å²) >= 11 is 0. The third-order valence-corrected chi connectivity index (χ3v) is 6.19. The summed E-state index contributed by atoms with van der Waals surface area (Å²) < 4.78 is 5.30. The molecule has 0 saturated carbocycles. The van der Waals surface area contributed by atoms with Crippen molar-refractivity contribution in [2.45, 2.75) is 38.5 Å². The smallest absolute Gasteiger partial charge is 0.272 e. The fourth-order valence-electron chi connectivity index (χ4n) is 4.32. The van der Waals surface area contributed by atoms with Crippen molar-refractivity contribution in [3.05, 3.63) is 41.3 Å². The van der Waals surface area contributed by atoms with Crippen LogP contribution in [0.3, 0.4) is 0 Å². The third kappa shape index (κ3) is 6.14. The van der Waals surface area contributed by atoms with Gasteiger partial charge in [-0.05, 0) is 37.1 Å². The number of nitrogens with two attached hydrogens (primary N) is 1. The fourth-order valence-corrected chi connectivity index (χ4v) is 4.32. The number of anilines is 1. The van der Waals surface area contributed by atoms with Crippen LogP contribution in [0.25, 0.3) is 0 Å². The molecule has 5 N–H and O–H groups in total. The number of nitrogens with zero attached hydrogens (tertiary/aromatic N) is 4. The molecule has 0 bridgehead atoms. The molecule has 0 radical (unpaired) electrons. The van der Waals surface area contributed by atoms with Gasteiger partial charge in [-0.25, -0.2) is 0 Å². The van der Waals surface area contributed by atoms with E-state index >= 15 is 0 Å². The van der Waals surface area contributed by atoms with Crippen molar-refractivity contribution < 1.29 is 19.1 Å². The van der Waals surface area contributed by atoms with Crippen molar-refractivity contribution in [1.82, 2.24) is 20.4 Å². The molecule has 2 fully saturated rings. The molecule has 12 nitrogen and oxygen atoms in total. The molecule has 3 heterocycles. The van der Waals surface area contributed by atoms with Crippen molar-refractivity contribution in [2.24, 2.45) is 16.0 Å². The molecule has 3 amide bonds. The number of carbonyl (C=O) groups is 3. The van der Waals surface area contributed by atoms with E-state index in [0.29, 0.717) is 56.3 Å². The van der Waals surface area contributed by atoms with Crippen LogP contribution in [0.2, 0.25) is 0 Å². The molecular formula is C23H32N8O4. The van der Waals surface area contributed by atoms with Crippen molar-refractivity contribution in [2.75, 3.05) is 44.7 Å². The lowest BCUT2D eigenvalue weighted by molar-refractivity contribution is -0.132. The molecule has 1 unspecified atom stereocenters. The second-order valence-electron chi connectivity index (χ2n) is 8.66. The van der Waals surface area contributed by atoms with Crippen LogP contribution < -0.4 is 21.7 Å². The zero-order chi connectivity index (χ0) is 24.8. The van der Waals surface area contributed by atoms with Gasteiger partial charge in [-0.15, -0.1) is 10.2 Å². The number of primary amides is 1. The van der Waals surface area contributed by atoms with Crippen molar-refractivity contribution in [3.8, 4) is 0 Å². The Bertz CT molecular complexity index is 1000. The van der Waals surface area contributed by atoms with E-state index in [1.54, 1.807) is 29.2 Å². The van der Waals surface area contributed by atoms with Gasteiger partial charge in [0.1, 0.15) is 5.82 Å². The second kappa shape index (κ2) is 11.3. The fraction of sp³-hybridized carbons (Fsp3) is 0.522. The highest BCUT2D eigenvalue weighted by Crippen LogP contribution is 2.19. The Labute approximate surface area is 203 Å². The number of hydrogen-bond donors (Lipinski definition) is 4. The molecule has 1 aromatic carbocycles. The van der Waals surface area contributed by atoms with E-state index in [0.717, 1.165) is 19.4 Å². The lowest BCUT2D eigenvalue weighted by Crippen LogP contribution is -2.54. The Balaban J connectivity index is 1.40. The van der Waals surface area contributed by atoms with Crippen molar-refractivity contribution in [3.63, 3.8) is 0 Å². The van der Waals surface area contributed by atoms with Crippen LogP contribution in [0.4, 0.5) is 5.69 Å². The maximum Gasteiger partial charge on any atom is 0.272 e. The third-order valence-electron chi connectivity index (χ3n) is 6.19. The molecule has 188 valence electrons. The van der Waals surface area contributed by atoms with Gasteiger partial charge in [0.15, 0.2) is 12.0 Å². The minimum atomic E-state index is -0.723. The summed E-state index contributed by atoms with van der Waals surface area (Å²) in [6, 6.07) is 7.00. The van der Waals surface area contributed by atoms with E-state index in [1.807, 2.05) is 11.8 Å². The van der Waals surface area contributed by atoms with Gasteiger partial charge in [-0.1, -0.05) is 6.92 Å². The van der Waals surface area contributed by atoms with Crippen LogP contribution in [0, 0.1) is 0 Å². The number of rotatable bonds is 7. The van der Waals surface area contributed by atoms with Gasteiger partial charge >= 0.3 is 0 Å². The van der Waals surface area contributed by atoms with Gasteiger partial charge in [0.25, 0.3) is 11.8 Å². The summed E-state index contributed by atoms with van der Waals surface area (Å²) in [5.74, 6) is -0.328. The summed E-state index contributed by atoms with van der Waals surface area (Å²) in [6.45, 7) is 5.43. The van der Waals surface area contributed by atoms with E-state index in [1.165, 1.54) is 0 Å². The number of amides is 3. The van der Waals surface area contributed by atoms with Crippen LogP contribution in [-0.4, -0.2) is 79.2 Å². The van der Waals surface area contributed by atoms with Gasteiger partial charge < -0.3 is 30.9 Å². The predicted molar refractivity (Wildman–Crippen MR) is 128 cm³/mol. The molecule has 35 heavy (non-hydrogen) atoms. The highest BCUT2D eigenvalue weighted by molar-refractivity contribution is 5.95. The maximum atomic E-state index is 12.7. The van der Waals surface area contributed by atoms with Gasteiger partial charge in [-0.3, -0.25) is 19.7 Å². The maximum absolute atomic E-state index is 12.7. The molecule has 0 spiro atoms. The Morgan fingerprint density at radius 3 is 2.57 bits per heavy atom. The summed E-state index contributed by atoms with van der Waals surface area (Å²) in [6.07, 6.45) is 1.68. The van der Waals surface area contributed by atoms with Crippen molar-refractivity contribution >= 4 is 23.4 Å². The Kier molecular flexibility index (Phi) is 7.93. The Morgan fingerprint density at radius 1 is 1.14 bits per heavy atom.